The molecule has 1 amide bonds. The fourth-order valence-electron chi connectivity index (χ4n) is 2.95. The standard InChI is InChI=1S/C15H19ClN2O2/c16-13-4-2-1-3-12(13)9-18-11-15(20-10-14(18)19)5-7-17-8-6-15/h1-4,17H,5-11H2. The summed E-state index contributed by atoms with van der Waals surface area (Å²) in [6.45, 7) is 3.32. The van der Waals surface area contributed by atoms with Gasteiger partial charge >= 0.3 is 0 Å². The number of hydrogen-bond acceptors (Lipinski definition) is 3. The smallest absolute Gasteiger partial charge is 0.248 e. The molecule has 0 unspecified atom stereocenters. The number of nitrogens with one attached hydrogen (secondary N) is 1. The third-order valence-electron chi connectivity index (χ3n) is 4.17. The van der Waals surface area contributed by atoms with Crippen molar-refractivity contribution in [2.24, 2.45) is 0 Å². The maximum atomic E-state index is 12.1. The van der Waals surface area contributed by atoms with Gasteiger partial charge in [0, 0.05) is 11.6 Å². The van der Waals surface area contributed by atoms with Crippen LogP contribution in [0.3, 0.4) is 0 Å². The lowest BCUT2D eigenvalue weighted by Gasteiger charge is -2.44. The molecule has 0 radical (unpaired) electrons. The maximum Gasteiger partial charge on any atom is 0.248 e. The summed E-state index contributed by atoms with van der Waals surface area (Å²) in [5, 5.41) is 4.05. The van der Waals surface area contributed by atoms with Gasteiger partial charge in [0.05, 0.1) is 12.1 Å². The van der Waals surface area contributed by atoms with E-state index in [1.165, 1.54) is 0 Å². The van der Waals surface area contributed by atoms with Crippen LogP contribution in [0.2, 0.25) is 5.02 Å². The summed E-state index contributed by atoms with van der Waals surface area (Å²) in [5.74, 6) is 0.0501. The zero-order valence-electron chi connectivity index (χ0n) is 11.4. The predicted octanol–water partition coefficient (Wildman–Crippen LogP) is 1.82. The second-order valence-corrected chi connectivity index (χ2v) is 5.97. The lowest BCUT2D eigenvalue weighted by molar-refractivity contribution is -0.168. The minimum absolute atomic E-state index is 0.0501. The van der Waals surface area contributed by atoms with Crippen LogP contribution in [0, 0.1) is 0 Å². The molecule has 20 heavy (non-hydrogen) atoms. The van der Waals surface area contributed by atoms with Gasteiger partial charge in [-0.1, -0.05) is 29.8 Å². The number of piperidine rings is 1. The first-order valence-corrected chi connectivity index (χ1v) is 7.42. The lowest BCUT2D eigenvalue weighted by Crippen LogP contribution is -2.57. The molecule has 1 spiro atoms. The molecular formula is C15H19ClN2O2. The first kappa shape index (κ1) is 13.9. The molecule has 0 atom stereocenters. The molecule has 0 aliphatic carbocycles. The van der Waals surface area contributed by atoms with E-state index in [4.69, 9.17) is 16.3 Å². The highest BCUT2D eigenvalue weighted by atomic mass is 35.5. The van der Waals surface area contributed by atoms with Crippen molar-refractivity contribution in [3.05, 3.63) is 34.9 Å². The Bertz CT molecular complexity index is 500. The van der Waals surface area contributed by atoms with Crippen LogP contribution in [0.15, 0.2) is 24.3 Å². The third-order valence-corrected chi connectivity index (χ3v) is 4.54. The SMILES string of the molecule is O=C1COC2(CCNCC2)CN1Cc1ccccc1Cl. The molecule has 2 aliphatic rings. The summed E-state index contributed by atoms with van der Waals surface area (Å²) in [5.41, 5.74) is 0.828. The molecule has 1 aromatic rings. The summed E-state index contributed by atoms with van der Waals surface area (Å²) >= 11 is 6.19. The van der Waals surface area contributed by atoms with Crippen molar-refractivity contribution in [2.75, 3.05) is 26.2 Å². The minimum Gasteiger partial charge on any atom is -0.363 e. The van der Waals surface area contributed by atoms with Crippen molar-refractivity contribution in [1.29, 1.82) is 0 Å². The normalized spacial score (nSPS) is 22.2. The van der Waals surface area contributed by atoms with Crippen molar-refractivity contribution in [1.82, 2.24) is 10.2 Å². The number of morpholine rings is 1. The van der Waals surface area contributed by atoms with Gasteiger partial charge in [-0.15, -0.1) is 0 Å². The van der Waals surface area contributed by atoms with Crippen LogP contribution in [0.4, 0.5) is 0 Å². The van der Waals surface area contributed by atoms with Gasteiger partial charge in [-0.25, -0.2) is 0 Å². The Morgan fingerprint density at radius 2 is 2.05 bits per heavy atom. The monoisotopic (exact) mass is 294 g/mol. The number of benzene rings is 1. The number of nitrogens with zero attached hydrogens (tertiary/aromatic N) is 1. The molecule has 1 N–H and O–H groups in total. The van der Waals surface area contributed by atoms with Gasteiger partial charge in [0.25, 0.3) is 0 Å². The van der Waals surface area contributed by atoms with E-state index in [-0.39, 0.29) is 18.1 Å². The molecule has 2 heterocycles. The van der Waals surface area contributed by atoms with Gasteiger partial charge in [0.1, 0.15) is 6.61 Å². The van der Waals surface area contributed by atoms with Crippen LogP contribution in [-0.2, 0) is 16.1 Å². The summed E-state index contributed by atoms with van der Waals surface area (Å²) in [4.78, 5) is 14.0. The van der Waals surface area contributed by atoms with E-state index in [2.05, 4.69) is 5.32 Å². The van der Waals surface area contributed by atoms with E-state index in [1.54, 1.807) is 0 Å². The van der Waals surface area contributed by atoms with E-state index in [9.17, 15) is 4.79 Å². The van der Waals surface area contributed by atoms with Gasteiger partial charge in [-0.2, -0.15) is 0 Å². The molecule has 2 saturated heterocycles. The Labute approximate surface area is 124 Å². The molecule has 0 aromatic heterocycles. The highest BCUT2D eigenvalue weighted by molar-refractivity contribution is 6.31. The van der Waals surface area contributed by atoms with Crippen LogP contribution in [0.5, 0.6) is 0 Å². The summed E-state index contributed by atoms with van der Waals surface area (Å²) in [6, 6.07) is 7.69. The predicted molar refractivity (Wildman–Crippen MR) is 77.7 cm³/mol. The fourth-order valence-corrected chi connectivity index (χ4v) is 3.14. The first-order chi connectivity index (χ1) is 9.69. The molecule has 4 nitrogen and oxygen atoms in total. The van der Waals surface area contributed by atoms with Crippen molar-refractivity contribution in [2.45, 2.75) is 25.0 Å². The van der Waals surface area contributed by atoms with Gasteiger partial charge in [0.2, 0.25) is 5.91 Å². The number of hydrogen-bond donors (Lipinski definition) is 1. The van der Waals surface area contributed by atoms with Crippen molar-refractivity contribution >= 4 is 17.5 Å². The van der Waals surface area contributed by atoms with E-state index in [0.717, 1.165) is 31.5 Å². The van der Waals surface area contributed by atoms with Crippen molar-refractivity contribution < 1.29 is 9.53 Å². The molecule has 108 valence electrons. The van der Waals surface area contributed by atoms with Gasteiger partial charge in [0.15, 0.2) is 0 Å². The van der Waals surface area contributed by atoms with Gasteiger partial charge in [-0.3, -0.25) is 4.79 Å². The number of ether oxygens (including phenoxy) is 1. The minimum atomic E-state index is -0.166. The van der Waals surface area contributed by atoms with Crippen molar-refractivity contribution in [3.8, 4) is 0 Å². The topological polar surface area (TPSA) is 41.6 Å². The quantitative estimate of drug-likeness (QED) is 0.905. The number of halogens is 1. The first-order valence-electron chi connectivity index (χ1n) is 7.04. The zero-order valence-corrected chi connectivity index (χ0v) is 12.2. The van der Waals surface area contributed by atoms with Gasteiger partial charge in [-0.05, 0) is 37.6 Å². The zero-order chi connectivity index (χ0) is 14.0. The number of carbonyl (C=O) groups is 1. The van der Waals surface area contributed by atoms with Crippen LogP contribution in [0.25, 0.3) is 0 Å². The molecule has 1 aromatic carbocycles. The summed E-state index contributed by atoms with van der Waals surface area (Å²) in [7, 11) is 0. The molecule has 0 bridgehead atoms. The van der Waals surface area contributed by atoms with E-state index in [1.807, 2.05) is 29.2 Å². The number of rotatable bonds is 2. The maximum absolute atomic E-state index is 12.1. The van der Waals surface area contributed by atoms with Crippen LogP contribution in [-0.4, -0.2) is 42.6 Å². The Hall–Kier alpha value is -1.10. The molecule has 2 aliphatic heterocycles. The van der Waals surface area contributed by atoms with E-state index < -0.39 is 0 Å². The Kier molecular flexibility index (Phi) is 3.96. The Balaban J connectivity index is 1.74. The molecular weight excluding hydrogens is 276 g/mol. The fraction of sp³-hybridized carbons (Fsp3) is 0.533. The van der Waals surface area contributed by atoms with Crippen LogP contribution >= 0.6 is 11.6 Å². The Morgan fingerprint density at radius 3 is 2.80 bits per heavy atom. The number of carbonyl (C=O) groups excluding carboxylic acids is 1. The second kappa shape index (κ2) is 5.72. The summed E-state index contributed by atoms with van der Waals surface area (Å²) < 4.78 is 5.85. The number of amides is 1. The van der Waals surface area contributed by atoms with Crippen LogP contribution < -0.4 is 5.32 Å². The second-order valence-electron chi connectivity index (χ2n) is 5.56. The molecule has 3 rings (SSSR count). The van der Waals surface area contributed by atoms with Gasteiger partial charge < -0.3 is 15.0 Å². The summed E-state index contributed by atoms with van der Waals surface area (Å²) in [6.07, 6.45) is 1.92. The average molecular weight is 295 g/mol. The van der Waals surface area contributed by atoms with E-state index in [0.29, 0.717) is 18.1 Å². The molecule has 2 fully saturated rings. The highest BCUT2D eigenvalue weighted by Crippen LogP contribution is 2.29. The molecule has 5 heteroatoms. The highest BCUT2D eigenvalue weighted by Gasteiger charge is 2.40. The average Bonchev–Trinajstić information content (AvgIpc) is 2.47. The van der Waals surface area contributed by atoms with Crippen LogP contribution in [0.1, 0.15) is 18.4 Å². The van der Waals surface area contributed by atoms with E-state index >= 15 is 0 Å². The lowest BCUT2D eigenvalue weighted by atomic mass is 9.90. The Morgan fingerprint density at radius 1 is 1.30 bits per heavy atom. The largest absolute Gasteiger partial charge is 0.363 e. The van der Waals surface area contributed by atoms with Crippen molar-refractivity contribution in [3.63, 3.8) is 0 Å². The third kappa shape index (κ3) is 2.82. The molecule has 0 saturated carbocycles.